The molecule has 5 aliphatic rings. The first-order chi connectivity index (χ1) is 27.8. The van der Waals surface area contributed by atoms with Crippen LogP contribution >= 0.6 is 0 Å². The average molecular weight is 827 g/mol. The number of ketones is 1. The molecule has 1 aromatic carbocycles. The van der Waals surface area contributed by atoms with Crippen molar-refractivity contribution < 1.29 is 47.1 Å². The van der Waals surface area contributed by atoms with E-state index in [1.54, 1.807) is 30.3 Å². The molecule has 6 amide bonds. The molecule has 0 bridgehead atoms. The zero-order chi connectivity index (χ0) is 42.9. The van der Waals surface area contributed by atoms with Crippen LogP contribution in [-0.2, 0) is 33.5 Å². The molecule has 1 aromatic rings. The lowest BCUT2D eigenvalue weighted by molar-refractivity contribution is -0.145. The van der Waals surface area contributed by atoms with Gasteiger partial charge in [-0.2, -0.15) is 0 Å². The monoisotopic (exact) mass is 826 g/mol. The smallest absolute Gasteiger partial charge is 0.408 e. The van der Waals surface area contributed by atoms with Gasteiger partial charge in [0.05, 0.1) is 12.6 Å². The molecule has 0 radical (unpaired) electrons. The molecular formula is C43H60F2N6O8. The van der Waals surface area contributed by atoms with Crippen LogP contribution in [0.4, 0.5) is 13.6 Å². The molecule has 3 unspecified atom stereocenters. The number of piperidine rings is 1. The number of hydrogen-bond acceptors (Lipinski definition) is 8. The maximum Gasteiger partial charge on any atom is 0.408 e. The van der Waals surface area contributed by atoms with Crippen LogP contribution in [0.1, 0.15) is 109 Å². The molecule has 59 heavy (non-hydrogen) atoms. The van der Waals surface area contributed by atoms with E-state index in [1.165, 1.54) is 23.9 Å². The second-order valence-corrected chi connectivity index (χ2v) is 18.5. The summed E-state index contributed by atoms with van der Waals surface area (Å²) in [6.45, 7) is 5.36. The van der Waals surface area contributed by atoms with Crippen molar-refractivity contribution in [1.82, 2.24) is 31.1 Å². The first-order valence-electron chi connectivity index (χ1n) is 21.2. The standard InChI is InChI=1S/C43H60F2N6O8/c1-41(2)28-24-51(39(57)33(26-17-11-7-12-18-26)49-40(58)59-42(3)19-13-8-14-20-42)34(31(28)41)36(54)47-29(21-27-22-43(27,44)45)35(53)37(55)46-23-30(52)48-32(38(56)50(4)5)25-15-9-6-10-16-25/h6,9-10,15-16,26-29,31-34H,7-8,11-14,17-24H2,1-5H3,(H,46,55)(H,47,54)(H,48,52)(H,49,58)/t27?,28-,29?,31-,32?,33-,34-/m0/s1. The van der Waals surface area contributed by atoms with E-state index in [4.69, 9.17) is 4.74 Å². The molecule has 0 spiro atoms. The highest BCUT2D eigenvalue weighted by Crippen LogP contribution is 2.65. The molecule has 4 saturated carbocycles. The first-order valence-corrected chi connectivity index (χ1v) is 21.2. The number of amides is 6. The molecule has 5 fully saturated rings. The minimum Gasteiger partial charge on any atom is -0.443 e. The Balaban J connectivity index is 1.16. The molecule has 0 aromatic heterocycles. The number of hydrogen-bond donors (Lipinski definition) is 4. The Morgan fingerprint density at radius 2 is 1.51 bits per heavy atom. The number of benzene rings is 1. The van der Waals surface area contributed by atoms with Crippen molar-refractivity contribution >= 4 is 41.4 Å². The molecular weight excluding hydrogens is 767 g/mol. The number of likely N-dealkylation sites (N-methyl/N-ethyl adjacent to an activating group) is 1. The molecule has 1 aliphatic heterocycles. The van der Waals surface area contributed by atoms with Gasteiger partial charge in [0.2, 0.25) is 29.4 Å². The van der Waals surface area contributed by atoms with Crippen LogP contribution in [0, 0.1) is 29.1 Å². The van der Waals surface area contributed by atoms with Crippen molar-refractivity contribution in [3.05, 3.63) is 35.9 Å². The van der Waals surface area contributed by atoms with E-state index >= 15 is 0 Å². The topological polar surface area (TPSA) is 183 Å². The van der Waals surface area contributed by atoms with Gasteiger partial charge in [-0.25, -0.2) is 13.6 Å². The largest absolute Gasteiger partial charge is 0.443 e. The van der Waals surface area contributed by atoms with Gasteiger partial charge in [-0.05, 0) is 80.6 Å². The summed E-state index contributed by atoms with van der Waals surface area (Å²) in [4.78, 5) is 98.0. The van der Waals surface area contributed by atoms with E-state index in [0.717, 1.165) is 51.4 Å². The molecule has 4 aliphatic carbocycles. The van der Waals surface area contributed by atoms with Crippen LogP contribution in [-0.4, -0.2) is 108 Å². The highest BCUT2D eigenvalue weighted by molar-refractivity contribution is 6.38. The van der Waals surface area contributed by atoms with Crippen LogP contribution in [0.2, 0.25) is 0 Å². The fraction of sp³-hybridized carbons (Fsp3) is 0.698. The van der Waals surface area contributed by atoms with Crippen molar-refractivity contribution in [1.29, 1.82) is 0 Å². The third-order valence-corrected chi connectivity index (χ3v) is 13.5. The second kappa shape index (κ2) is 17.5. The minimum absolute atomic E-state index is 0.0647. The highest BCUT2D eigenvalue weighted by Gasteiger charge is 2.70. The van der Waals surface area contributed by atoms with Crippen molar-refractivity contribution in [3.63, 3.8) is 0 Å². The number of likely N-dealkylation sites (tertiary alicyclic amines) is 1. The number of rotatable bonds is 15. The van der Waals surface area contributed by atoms with Crippen molar-refractivity contribution in [2.45, 2.75) is 134 Å². The summed E-state index contributed by atoms with van der Waals surface area (Å²) in [5, 5.41) is 10.3. The number of nitrogens with zero attached hydrogens (tertiary/aromatic N) is 2. The van der Waals surface area contributed by atoms with E-state index in [-0.39, 0.29) is 29.7 Å². The molecule has 6 rings (SSSR count). The normalized spacial score (nSPS) is 26.5. The van der Waals surface area contributed by atoms with Crippen molar-refractivity contribution in [3.8, 4) is 0 Å². The van der Waals surface area contributed by atoms with Crippen LogP contribution in [0.3, 0.4) is 0 Å². The summed E-state index contributed by atoms with van der Waals surface area (Å²) in [6.07, 6.45) is 6.82. The zero-order valence-corrected chi connectivity index (χ0v) is 34.8. The Labute approximate surface area is 344 Å². The zero-order valence-electron chi connectivity index (χ0n) is 34.8. The fourth-order valence-corrected chi connectivity index (χ4v) is 9.73. The van der Waals surface area contributed by atoms with Crippen LogP contribution in [0.5, 0.6) is 0 Å². The molecule has 1 saturated heterocycles. The Morgan fingerprint density at radius 1 is 0.881 bits per heavy atom. The molecule has 7 atom stereocenters. The number of halogens is 2. The Hall–Kier alpha value is -4.63. The van der Waals surface area contributed by atoms with Crippen LogP contribution < -0.4 is 21.3 Å². The van der Waals surface area contributed by atoms with E-state index in [0.29, 0.717) is 18.4 Å². The van der Waals surface area contributed by atoms with Gasteiger partial charge in [0, 0.05) is 33.0 Å². The second-order valence-electron chi connectivity index (χ2n) is 18.5. The first kappa shape index (κ1) is 43.9. The number of nitrogens with one attached hydrogen (secondary N) is 4. The Bertz CT molecular complexity index is 1780. The number of alkyl halides is 2. The van der Waals surface area contributed by atoms with Gasteiger partial charge in [-0.15, -0.1) is 0 Å². The van der Waals surface area contributed by atoms with E-state index < -0.39 is 102 Å². The molecule has 16 heteroatoms. The molecule has 324 valence electrons. The summed E-state index contributed by atoms with van der Waals surface area (Å²) in [5.74, 6) is -9.82. The third-order valence-electron chi connectivity index (χ3n) is 13.5. The number of alkyl carbamates (subject to hydrolysis) is 1. The van der Waals surface area contributed by atoms with Gasteiger partial charge >= 0.3 is 6.09 Å². The maximum atomic E-state index is 14.6. The van der Waals surface area contributed by atoms with Gasteiger partial charge in [0.25, 0.3) is 11.8 Å². The van der Waals surface area contributed by atoms with Crippen molar-refractivity contribution in [2.75, 3.05) is 27.2 Å². The van der Waals surface area contributed by atoms with E-state index in [9.17, 15) is 42.3 Å². The van der Waals surface area contributed by atoms with Gasteiger partial charge in [-0.3, -0.25) is 28.8 Å². The number of ether oxygens (including phenoxy) is 1. The summed E-state index contributed by atoms with van der Waals surface area (Å²) in [7, 11) is 3.05. The number of fused-ring (bicyclic) bond motifs is 1. The predicted octanol–water partition coefficient (Wildman–Crippen LogP) is 4.03. The van der Waals surface area contributed by atoms with Crippen LogP contribution in [0.15, 0.2) is 30.3 Å². The Kier molecular flexibility index (Phi) is 13.1. The highest BCUT2D eigenvalue weighted by atomic mass is 19.3. The molecule has 14 nitrogen and oxygen atoms in total. The average Bonchev–Trinajstić information content (AvgIpc) is 3.87. The SMILES string of the molecule is CN(C)C(=O)C(NC(=O)CNC(=O)C(=O)C(CC1CC1(F)F)NC(=O)[C@@H]1[C@@H]2[C@H](CN1C(=O)[C@@H](NC(=O)OC1(C)CCCCC1)C1CCCCC1)C2(C)C)c1ccccc1. The lowest BCUT2D eigenvalue weighted by atomic mass is 9.83. The number of Topliss-reactive ketones (excluding diaryl/α,β-unsaturated/α-hetero) is 1. The Morgan fingerprint density at radius 3 is 2.12 bits per heavy atom. The summed E-state index contributed by atoms with van der Waals surface area (Å²) in [6, 6.07) is 3.64. The summed E-state index contributed by atoms with van der Waals surface area (Å²) >= 11 is 0. The minimum atomic E-state index is -3.08. The molecule has 4 N–H and O–H groups in total. The lowest BCUT2D eigenvalue weighted by Gasteiger charge is -2.38. The van der Waals surface area contributed by atoms with Gasteiger partial charge in [0.1, 0.15) is 23.7 Å². The van der Waals surface area contributed by atoms with E-state index in [1.807, 2.05) is 20.8 Å². The summed E-state index contributed by atoms with van der Waals surface area (Å²) in [5.41, 5.74) is -0.499. The lowest BCUT2D eigenvalue weighted by Crippen LogP contribution is -2.60. The summed E-state index contributed by atoms with van der Waals surface area (Å²) < 4.78 is 34.5. The van der Waals surface area contributed by atoms with E-state index in [2.05, 4.69) is 21.3 Å². The van der Waals surface area contributed by atoms with Gasteiger partial charge in [0.15, 0.2) is 0 Å². The predicted molar refractivity (Wildman–Crippen MR) is 211 cm³/mol. The van der Waals surface area contributed by atoms with Gasteiger partial charge < -0.3 is 35.8 Å². The van der Waals surface area contributed by atoms with Crippen molar-refractivity contribution in [2.24, 2.45) is 29.1 Å². The molecule has 1 heterocycles. The fourth-order valence-electron chi connectivity index (χ4n) is 9.73. The van der Waals surface area contributed by atoms with Gasteiger partial charge in [-0.1, -0.05) is 69.9 Å². The maximum absolute atomic E-state index is 14.6. The number of carbonyl (C=O) groups excluding carboxylic acids is 7. The third kappa shape index (κ3) is 10.1. The number of carbonyl (C=O) groups is 7. The quantitative estimate of drug-likeness (QED) is 0.191. The van der Waals surface area contributed by atoms with Crippen LogP contribution in [0.25, 0.3) is 0 Å².